The van der Waals surface area contributed by atoms with Crippen molar-refractivity contribution in [2.45, 2.75) is 39.2 Å². The molecule has 0 heterocycles. The van der Waals surface area contributed by atoms with E-state index in [1.807, 2.05) is 0 Å². The summed E-state index contributed by atoms with van der Waals surface area (Å²) in [6.45, 7) is 7.75. The van der Waals surface area contributed by atoms with Gasteiger partial charge in [0.05, 0.1) is 0 Å². The van der Waals surface area contributed by atoms with Crippen LogP contribution in [0.5, 0.6) is 0 Å². The molecule has 0 aliphatic rings. The fraction of sp³-hybridized carbons (Fsp3) is 0.500. The van der Waals surface area contributed by atoms with Crippen LogP contribution in [0.2, 0.25) is 12.6 Å². The predicted molar refractivity (Wildman–Crippen MR) is 61.6 cm³/mol. The highest BCUT2D eigenvalue weighted by Gasteiger charge is 2.18. The van der Waals surface area contributed by atoms with Crippen molar-refractivity contribution in [1.82, 2.24) is 0 Å². The molecule has 1 heteroatoms. The molecule has 1 atom stereocenters. The zero-order valence-corrected chi connectivity index (χ0v) is 8.96. The lowest BCUT2D eigenvalue weighted by atomic mass is 9.37. The van der Waals surface area contributed by atoms with Crippen LogP contribution in [0.1, 0.15) is 32.2 Å². The quantitative estimate of drug-likeness (QED) is 0.608. The van der Waals surface area contributed by atoms with Gasteiger partial charge in [-0.05, 0) is 5.82 Å². The van der Waals surface area contributed by atoms with E-state index in [4.69, 9.17) is 0 Å². The van der Waals surface area contributed by atoms with E-state index in [2.05, 4.69) is 51.1 Å². The molecule has 1 aromatic rings. The Morgan fingerprint density at radius 2 is 1.62 bits per heavy atom. The molecule has 0 radical (unpaired) electrons. The van der Waals surface area contributed by atoms with Crippen LogP contribution in [-0.2, 0) is 0 Å². The summed E-state index contributed by atoms with van der Waals surface area (Å²) in [6.07, 6.45) is 2.57. The first-order chi connectivity index (χ1) is 6.29. The Kier molecular flexibility index (Phi) is 4.07. The molecule has 0 aromatic heterocycles. The van der Waals surface area contributed by atoms with Crippen LogP contribution in [-0.4, -0.2) is 6.71 Å². The van der Waals surface area contributed by atoms with Crippen molar-refractivity contribution >= 4 is 6.71 Å². The van der Waals surface area contributed by atoms with E-state index < -0.39 is 0 Å². The highest BCUT2D eigenvalue weighted by molar-refractivity contribution is 6.60. The van der Waals surface area contributed by atoms with Gasteiger partial charge in [-0.15, -0.1) is 0 Å². The molecule has 0 saturated carbocycles. The summed E-state index contributed by atoms with van der Waals surface area (Å²) in [5.74, 6) is 0.705. The topological polar surface area (TPSA) is 0 Å². The Labute approximate surface area is 82.4 Å². The predicted octanol–water partition coefficient (Wildman–Crippen LogP) is 3.86. The second-order valence-corrected chi connectivity index (χ2v) is 3.78. The zero-order chi connectivity index (χ0) is 9.68. The third-order valence-corrected chi connectivity index (χ3v) is 3.08. The van der Waals surface area contributed by atoms with Gasteiger partial charge in [-0.2, -0.15) is 0 Å². The maximum atomic E-state index is 2.34. The molecule has 0 N–H and O–H groups in total. The summed E-state index contributed by atoms with van der Waals surface area (Å²) in [4.78, 5) is 0. The van der Waals surface area contributed by atoms with Crippen molar-refractivity contribution in [1.29, 1.82) is 0 Å². The lowest BCUT2D eigenvalue weighted by Gasteiger charge is -2.18. The van der Waals surface area contributed by atoms with Gasteiger partial charge in [-0.1, -0.05) is 69.3 Å². The second-order valence-electron chi connectivity index (χ2n) is 3.78. The van der Waals surface area contributed by atoms with E-state index in [1.54, 1.807) is 0 Å². The van der Waals surface area contributed by atoms with E-state index in [0.29, 0.717) is 5.82 Å². The molecule has 0 bridgehead atoms. The normalized spacial score (nSPS) is 12.5. The highest BCUT2D eigenvalue weighted by Crippen LogP contribution is 2.22. The zero-order valence-electron chi connectivity index (χ0n) is 8.96. The first kappa shape index (κ1) is 10.4. The average Bonchev–Trinajstić information content (AvgIpc) is 2.21. The fourth-order valence-corrected chi connectivity index (χ4v) is 2.02. The minimum Gasteiger partial charge on any atom is -0.0765 e. The van der Waals surface area contributed by atoms with E-state index in [-0.39, 0.29) is 0 Å². The van der Waals surface area contributed by atoms with Gasteiger partial charge >= 0.3 is 0 Å². The van der Waals surface area contributed by atoms with Gasteiger partial charge in [0, 0.05) is 0 Å². The minimum absolute atomic E-state index is 0.705. The third-order valence-electron chi connectivity index (χ3n) is 3.08. The van der Waals surface area contributed by atoms with Crippen molar-refractivity contribution in [3.05, 3.63) is 35.9 Å². The molecule has 0 aliphatic heterocycles. The monoisotopic (exact) mass is 174 g/mol. The van der Waals surface area contributed by atoms with Crippen LogP contribution < -0.4 is 0 Å². The van der Waals surface area contributed by atoms with Gasteiger partial charge in [-0.25, -0.2) is 0 Å². The lowest BCUT2D eigenvalue weighted by Crippen LogP contribution is -2.18. The van der Waals surface area contributed by atoms with E-state index in [0.717, 1.165) is 6.71 Å². The molecule has 70 valence electrons. The molecule has 1 aromatic carbocycles. The Morgan fingerprint density at radius 1 is 1.08 bits per heavy atom. The maximum absolute atomic E-state index is 2.34. The Balaban J connectivity index is 2.72. The maximum Gasteiger partial charge on any atom is 0.147 e. The Hall–Kier alpha value is -0.715. The molecule has 0 aliphatic carbocycles. The van der Waals surface area contributed by atoms with Crippen LogP contribution in [0.25, 0.3) is 0 Å². The summed E-state index contributed by atoms with van der Waals surface area (Å²) in [6, 6.07) is 10.8. The Bertz CT molecular complexity index is 226. The van der Waals surface area contributed by atoms with Gasteiger partial charge < -0.3 is 0 Å². The number of hydrogen-bond donors (Lipinski definition) is 0. The largest absolute Gasteiger partial charge is 0.147 e. The van der Waals surface area contributed by atoms with E-state index in [9.17, 15) is 0 Å². The first-order valence-electron chi connectivity index (χ1n) is 5.34. The fourth-order valence-electron chi connectivity index (χ4n) is 2.02. The molecular weight excluding hydrogens is 155 g/mol. The number of benzene rings is 1. The van der Waals surface area contributed by atoms with Gasteiger partial charge in [0.2, 0.25) is 0 Å². The number of rotatable bonds is 4. The molecule has 0 saturated heterocycles. The van der Waals surface area contributed by atoms with Gasteiger partial charge in [-0.3, -0.25) is 0 Å². The molecule has 0 amide bonds. The molecule has 0 fully saturated rings. The molecule has 1 rings (SSSR count). The van der Waals surface area contributed by atoms with E-state index in [1.165, 1.54) is 18.2 Å². The minimum atomic E-state index is 0.705. The molecule has 1 unspecified atom stereocenters. The van der Waals surface area contributed by atoms with E-state index >= 15 is 0 Å². The van der Waals surface area contributed by atoms with Crippen molar-refractivity contribution in [2.24, 2.45) is 0 Å². The third kappa shape index (κ3) is 2.62. The van der Waals surface area contributed by atoms with Crippen LogP contribution in [0.4, 0.5) is 0 Å². The Morgan fingerprint density at radius 3 is 2.08 bits per heavy atom. The standard InChI is InChI=1S/C12H19B/c1-4-13(5-2)11(3)12-9-7-6-8-10-12/h6-11H,4-5H2,1-3H3. The van der Waals surface area contributed by atoms with Crippen LogP contribution in [0.3, 0.4) is 0 Å². The average molecular weight is 174 g/mol. The molecular formula is C12H19B. The van der Waals surface area contributed by atoms with Crippen molar-refractivity contribution < 1.29 is 0 Å². The van der Waals surface area contributed by atoms with Gasteiger partial charge in [0.1, 0.15) is 6.71 Å². The van der Waals surface area contributed by atoms with Crippen molar-refractivity contribution in [3.63, 3.8) is 0 Å². The summed E-state index contributed by atoms with van der Waals surface area (Å²) in [7, 11) is 0. The van der Waals surface area contributed by atoms with Crippen molar-refractivity contribution in [2.75, 3.05) is 0 Å². The summed E-state index contributed by atoms with van der Waals surface area (Å²) in [5, 5.41) is 0. The molecule has 0 spiro atoms. The van der Waals surface area contributed by atoms with Gasteiger partial charge in [0.15, 0.2) is 0 Å². The summed E-state index contributed by atoms with van der Waals surface area (Å²) >= 11 is 0. The molecule has 0 nitrogen and oxygen atoms in total. The van der Waals surface area contributed by atoms with Gasteiger partial charge in [0.25, 0.3) is 0 Å². The van der Waals surface area contributed by atoms with Crippen molar-refractivity contribution in [3.8, 4) is 0 Å². The lowest BCUT2D eigenvalue weighted by molar-refractivity contribution is 1.01. The SMILES string of the molecule is CCB(CC)C(C)c1ccccc1. The van der Waals surface area contributed by atoms with Crippen LogP contribution in [0, 0.1) is 0 Å². The summed E-state index contributed by atoms with van der Waals surface area (Å²) in [5.41, 5.74) is 1.48. The first-order valence-corrected chi connectivity index (χ1v) is 5.34. The van der Waals surface area contributed by atoms with Crippen LogP contribution in [0.15, 0.2) is 30.3 Å². The van der Waals surface area contributed by atoms with Crippen LogP contribution >= 0.6 is 0 Å². The smallest absolute Gasteiger partial charge is 0.0765 e. The summed E-state index contributed by atoms with van der Waals surface area (Å²) < 4.78 is 0. The number of hydrogen-bond acceptors (Lipinski definition) is 0. The molecule has 13 heavy (non-hydrogen) atoms. The second kappa shape index (κ2) is 5.11. The highest BCUT2D eigenvalue weighted by atomic mass is 14.0.